The molecule has 3 aromatic carbocycles. The van der Waals surface area contributed by atoms with Crippen LogP contribution >= 0.6 is 0 Å². The number of ketones is 2. The van der Waals surface area contributed by atoms with Crippen LogP contribution in [0.2, 0.25) is 0 Å². The van der Waals surface area contributed by atoms with Crippen molar-refractivity contribution in [3.63, 3.8) is 0 Å². The number of nitrogen functional groups attached to an aromatic ring is 2. The van der Waals surface area contributed by atoms with Crippen molar-refractivity contribution in [2.24, 2.45) is 0 Å². The number of rotatable bonds is 3. The number of hydrogen-bond acceptors (Lipinski definition) is 8. The van der Waals surface area contributed by atoms with Gasteiger partial charge in [-0.25, -0.2) is 8.42 Å². The van der Waals surface area contributed by atoms with Crippen LogP contribution in [0.5, 0.6) is 0 Å². The average molecular weight is 459 g/mol. The number of nitrogens with one attached hydrogen (secondary N) is 1. The molecule has 10 heteroatoms. The molecule has 4 rings (SSSR count). The first-order chi connectivity index (χ1) is 14.5. The SMILES string of the molecule is Cc1cc(Nc2cc(S(=O)(=O)[O-])c(N)c3c2C(=O)c2ccccc2C3=O)c(C)cc1N.[Na+]. The number of carbonyl (C=O) groups is 2. The summed E-state index contributed by atoms with van der Waals surface area (Å²) in [5.74, 6) is -1.12. The third kappa shape index (κ3) is 3.82. The minimum atomic E-state index is -5.02. The molecule has 0 unspecified atom stereocenters. The Morgan fingerprint density at radius 3 is 1.97 bits per heavy atom. The molecular formula is C22H18N3NaO5S. The molecule has 1 aliphatic rings. The largest absolute Gasteiger partial charge is 1.00 e. The van der Waals surface area contributed by atoms with E-state index in [1.165, 1.54) is 12.1 Å². The zero-order valence-electron chi connectivity index (χ0n) is 17.6. The Labute approximate surface area is 207 Å². The number of carbonyl (C=O) groups excluding carboxylic acids is 2. The Kier molecular flexibility index (Phi) is 6.25. The molecule has 0 aromatic heterocycles. The van der Waals surface area contributed by atoms with E-state index in [4.69, 9.17) is 11.5 Å². The van der Waals surface area contributed by atoms with Crippen molar-refractivity contribution in [3.05, 3.63) is 75.8 Å². The van der Waals surface area contributed by atoms with E-state index in [0.29, 0.717) is 11.4 Å². The van der Waals surface area contributed by atoms with Crippen molar-refractivity contribution in [1.29, 1.82) is 0 Å². The van der Waals surface area contributed by atoms with Gasteiger partial charge < -0.3 is 21.3 Å². The molecule has 0 fully saturated rings. The van der Waals surface area contributed by atoms with Gasteiger partial charge in [0, 0.05) is 22.5 Å². The predicted molar refractivity (Wildman–Crippen MR) is 116 cm³/mol. The van der Waals surface area contributed by atoms with Gasteiger partial charge >= 0.3 is 29.6 Å². The van der Waals surface area contributed by atoms with Gasteiger partial charge in [0.15, 0.2) is 11.6 Å². The van der Waals surface area contributed by atoms with E-state index in [9.17, 15) is 22.6 Å². The van der Waals surface area contributed by atoms with Crippen molar-refractivity contribution in [2.45, 2.75) is 18.7 Å². The Morgan fingerprint density at radius 1 is 0.844 bits per heavy atom. The van der Waals surface area contributed by atoms with Gasteiger partial charge in [-0.15, -0.1) is 0 Å². The number of fused-ring (bicyclic) bond motifs is 2. The summed E-state index contributed by atoms with van der Waals surface area (Å²) in [4.78, 5) is 25.7. The molecule has 158 valence electrons. The van der Waals surface area contributed by atoms with Crippen LogP contribution in [0.4, 0.5) is 22.7 Å². The van der Waals surface area contributed by atoms with Crippen molar-refractivity contribution < 1.29 is 52.1 Å². The van der Waals surface area contributed by atoms with Crippen LogP contribution in [0.1, 0.15) is 43.0 Å². The van der Waals surface area contributed by atoms with Gasteiger partial charge in [-0.3, -0.25) is 9.59 Å². The van der Waals surface area contributed by atoms with Crippen molar-refractivity contribution in [2.75, 3.05) is 16.8 Å². The van der Waals surface area contributed by atoms with Gasteiger partial charge in [-0.05, 0) is 43.2 Å². The molecule has 1 aliphatic carbocycles. The number of anilines is 4. The van der Waals surface area contributed by atoms with E-state index < -0.39 is 32.3 Å². The molecule has 0 amide bonds. The maximum absolute atomic E-state index is 13.3. The van der Waals surface area contributed by atoms with Crippen LogP contribution in [-0.4, -0.2) is 24.5 Å². The molecule has 5 N–H and O–H groups in total. The van der Waals surface area contributed by atoms with E-state index in [1.807, 2.05) is 0 Å². The molecule has 32 heavy (non-hydrogen) atoms. The molecular weight excluding hydrogens is 441 g/mol. The number of hydrogen-bond donors (Lipinski definition) is 3. The van der Waals surface area contributed by atoms with Crippen LogP contribution in [-0.2, 0) is 10.1 Å². The van der Waals surface area contributed by atoms with Crippen molar-refractivity contribution in [3.8, 4) is 0 Å². The second-order valence-corrected chi connectivity index (χ2v) is 8.74. The summed E-state index contributed by atoms with van der Waals surface area (Å²) in [5, 5.41) is 3.00. The van der Waals surface area contributed by atoms with Crippen molar-refractivity contribution >= 4 is 44.4 Å². The van der Waals surface area contributed by atoms with E-state index in [1.54, 1.807) is 38.1 Å². The minimum Gasteiger partial charge on any atom is -0.744 e. The van der Waals surface area contributed by atoms with Crippen molar-refractivity contribution in [1.82, 2.24) is 0 Å². The van der Waals surface area contributed by atoms with Gasteiger partial charge in [0.1, 0.15) is 10.1 Å². The summed E-state index contributed by atoms with van der Waals surface area (Å²) in [6.45, 7) is 3.56. The molecule has 0 aliphatic heterocycles. The Bertz CT molecular complexity index is 1420. The fraction of sp³-hybridized carbons (Fsp3) is 0.0909. The summed E-state index contributed by atoms with van der Waals surface area (Å²) < 4.78 is 35.6. The smallest absolute Gasteiger partial charge is 0.744 e. The van der Waals surface area contributed by atoms with Gasteiger partial charge in [-0.1, -0.05) is 24.3 Å². The summed E-state index contributed by atoms with van der Waals surface area (Å²) in [6, 6.07) is 10.6. The van der Waals surface area contributed by atoms with Gasteiger partial charge in [0.2, 0.25) is 0 Å². The topological polar surface area (TPSA) is 155 Å². The van der Waals surface area contributed by atoms with Crippen LogP contribution in [0, 0.1) is 13.8 Å². The normalized spacial score (nSPS) is 12.6. The zero-order valence-corrected chi connectivity index (χ0v) is 20.5. The molecule has 3 aromatic rings. The second-order valence-electron chi connectivity index (χ2n) is 7.39. The quantitative estimate of drug-likeness (QED) is 0.218. The van der Waals surface area contributed by atoms with Crippen LogP contribution in [0.3, 0.4) is 0 Å². The maximum Gasteiger partial charge on any atom is 1.00 e. The zero-order chi connectivity index (χ0) is 22.7. The first kappa shape index (κ1) is 24.0. The Balaban J connectivity index is 0.00000289. The summed E-state index contributed by atoms with van der Waals surface area (Å²) in [6.07, 6.45) is 0. The van der Waals surface area contributed by atoms with E-state index >= 15 is 0 Å². The van der Waals surface area contributed by atoms with Crippen LogP contribution in [0.15, 0.2) is 47.4 Å². The average Bonchev–Trinajstić information content (AvgIpc) is 2.70. The molecule has 0 saturated carbocycles. The van der Waals surface area contributed by atoms with E-state index in [0.717, 1.165) is 17.2 Å². The number of nitrogens with two attached hydrogens (primary N) is 2. The minimum absolute atomic E-state index is 0. The first-order valence-electron chi connectivity index (χ1n) is 9.25. The molecule has 0 spiro atoms. The molecule has 0 heterocycles. The van der Waals surface area contributed by atoms with Gasteiger partial charge in [-0.2, -0.15) is 0 Å². The van der Waals surface area contributed by atoms with Crippen LogP contribution in [0.25, 0.3) is 0 Å². The molecule has 0 radical (unpaired) electrons. The summed E-state index contributed by atoms with van der Waals surface area (Å²) in [7, 11) is -5.02. The third-order valence-corrected chi connectivity index (χ3v) is 6.23. The second kappa shape index (κ2) is 8.34. The van der Waals surface area contributed by atoms with Crippen LogP contribution < -0.4 is 46.3 Å². The van der Waals surface area contributed by atoms with E-state index in [2.05, 4.69) is 5.32 Å². The third-order valence-electron chi connectivity index (χ3n) is 5.35. The fourth-order valence-corrected chi connectivity index (χ4v) is 4.35. The summed E-state index contributed by atoms with van der Waals surface area (Å²) in [5.41, 5.74) is 13.8. The van der Waals surface area contributed by atoms with E-state index in [-0.39, 0.29) is 57.5 Å². The molecule has 0 atom stereocenters. The Hall–Kier alpha value is -2.69. The maximum atomic E-state index is 13.3. The monoisotopic (exact) mass is 459 g/mol. The molecule has 8 nitrogen and oxygen atoms in total. The molecule has 0 bridgehead atoms. The summed E-state index contributed by atoms with van der Waals surface area (Å²) >= 11 is 0. The predicted octanol–water partition coefficient (Wildman–Crippen LogP) is -0.105. The Morgan fingerprint density at radius 2 is 1.41 bits per heavy atom. The van der Waals surface area contributed by atoms with Gasteiger partial charge in [0.05, 0.1) is 27.4 Å². The number of benzene rings is 3. The fourth-order valence-electron chi connectivity index (χ4n) is 3.72. The standard InChI is InChI=1S/C22H19N3O5S.Na/c1-10-8-15(11(2)7-14(10)23)25-16-9-17(31(28,29)30)20(24)19-18(16)21(26)12-5-3-4-6-13(12)22(19)27;/h3-9,25H,23-24H2,1-2H3,(H,28,29,30);/q;+1/p-1. The molecule has 0 saturated heterocycles. The first-order valence-corrected chi connectivity index (χ1v) is 10.7. The van der Waals surface area contributed by atoms with Gasteiger partial charge in [0.25, 0.3) is 0 Å². The number of aryl methyl sites for hydroxylation is 2.